The van der Waals surface area contributed by atoms with E-state index in [4.69, 9.17) is 11.6 Å². The van der Waals surface area contributed by atoms with Crippen LogP contribution in [0, 0.1) is 0 Å². The van der Waals surface area contributed by atoms with E-state index in [9.17, 15) is 21.6 Å². The first kappa shape index (κ1) is 21.4. The summed E-state index contributed by atoms with van der Waals surface area (Å²) >= 11 is 5.99. The average molecular weight is 432 g/mol. The normalized spacial score (nSPS) is 13.2. The highest BCUT2D eigenvalue weighted by Crippen LogP contribution is 2.25. The molecule has 0 bridgehead atoms. The van der Waals surface area contributed by atoms with Gasteiger partial charge in [-0.25, -0.2) is 26.4 Å². The highest BCUT2D eigenvalue weighted by Gasteiger charge is 2.23. The highest BCUT2D eigenvalue weighted by molar-refractivity contribution is 7.90. The van der Waals surface area contributed by atoms with Crippen LogP contribution in [-0.4, -0.2) is 36.2 Å². The lowest BCUT2D eigenvalue weighted by molar-refractivity contribution is 0.0600. The predicted octanol–water partition coefficient (Wildman–Crippen LogP) is 2.57. The zero-order valence-electron chi connectivity index (χ0n) is 14.8. The monoisotopic (exact) mass is 431 g/mol. The maximum absolute atomic E-state index is 12.7. The van der Waals surface area contributed by atoms with Crippen molar-refractivity contribution in [1.82, 2.24) is 4.72 Å². The molecule has 0 heterocycles. The summed E-state index contributed by atoms with van der Waals surface area (Å²) < 4.78 is 55.4. The molecule has 146 valence electrons. The molecule has 0 saturated heterocycles. The number of rotatable bonds is 6. The standard InChI is InChI=1S/C17H18ClNO6S2/c1-11(12-4-7-14(8-5-12)26(3,21)22)19-27(23,24)16-10-13(17(20)25-2)6-9-15(16)18/h4-11,19H,1-3H3/t11-/m0/s1. The van der Waals surface area contributed by atoms with Gasteiger partial charge in [-0.1, -0.05) is 23.7 Å². The Kier molecular flexibility index (Phi) is 6.31. The third-order valence-corrected chi connectivity index (χ3v) is 6.93. The van der Waals surface area contributed by atoms with Gasteiger partial charge in [-0.05, 0) is 42.8 Å². The van der Waals surface area contributed by atoms with Gasteiger partial charge in [0, 0.05) is 12.3 Å². The number of esters is 1. The van der Waals surface area contributed by atoms with Gasteiger partial charge in [0.15, 0.2) is 9.84 Å². The maximum atomic E-state index is 12.7. The topological polar surface area (TPSA) is 107 Å². The second kappa shape index (κ2) is 7.97. The smallest absolute Gasteiger partial charge is 0.337 e. The summed E-state index contributed by atoms with van der Waals surface area (Å²) in [5.74, 6) is -0.687. The molecule has 7 nitrogen and oxygen atoms in total. The minimum absolute atomic E-state index is 0.0465. The van der Waals surface area contributed by atoms with Gasteiger partial charge >= 0.3 is 5.97 Å². The van der Waals surface area contributed by atoms with E-state index in [2.05, 4.69) is 9.46 Å². The van der Waals surface area contributed by atoms with Gasteiger partial charge < -0.3 is 4.74 Å². The van der Waals surface area contributed by atoms with Gasteiger partial charge in [-0.2, -0.15) is 0 Å². The van der Waals surface area contributed by atoms with Crippen LogP contribution in [0.15, 0.2) is 52.3 Å². The Morgan fingerprint density at radius 1 is 1.07 bits per heavy atom. The van der Waals surface area contributed by atoms with Crippen LogP contribution >= 0.6 is 11.6 Å². The van der Waals surface area contributed by atoms with Crippen molar-refractivity contribution in [1.29, 1.82) is 0 Å². The van der Waals surface area contributed by atoms with Crippen LogP contribution < -0.4 is 4.72 Å². The van der Waals surface area contributed by atoms with Crippen LogP contribution in [0.4, 0.5) is 0 Å². The molecule has 2 aromatic rings. The van der Waals surface area contributed by atoms with E-state index < -0.39 is 31.9 Å². The molecule has 10 heteroatoms. The molecule has 2 aromatic carbocycles. The number of hydrogen-bond donors (Lipinski definition) is 1. The SMILES string of the molecule is COC(=O)c1ccc(Cl)c(S(=O)(=O)N[C@@H](C)c2ccc(S(C)(=O)=O)cc2)c1. The summed E-state index contributed by atoms with van der Waals surface area (Å²) in [6, 6.07) is 8.98. The number of benzene rings is 2. The molecular formula is C17H18ClNO6S2. The quantitative estimate of drug-likeness (QED) is 0.704. The Hall–Kier alpha value is -1.94. The van der Waals surface area contributed by atoms with Crippen molar-refractivity contribution in [3.8, 4) is 0 Å². The number of carbonyl (C=O) groups is 1. The Morgan fingerprint density at radius 2 is 1.67 bits per heavy atom. The zero-order valence-corrected chi connectivity index (χ0v) is 17.2. The van der Waals surface area contributed by atoms with Gasteiger partial charge in [0.1, 0.15) is 4.90 Å². The Morgan fingerprint density at radius 3 is 2.19 bits per heavy atom. The van der Waals surface area contributed by atoms with Crippen LogP contribution in [0.25, 0.3) is 0 Å². The number of carbonyl (C=O) groups excluding carboxylic acids is 1. The number of methoxy groups -OCH3 is 1. The molecule has 0 unspecified atom stereocenters. The van der Waals surface area contributed by atoms with E-state index in [1.165, 1.54) is 43.5 Å². The van der Waals surface area contributed by atoms with E-state index in [1.807, 2.05) is 0 Å². The molecule has 27 heavy (non-hydrogen) atoms. The van der Waals surface area contributed by atoms with Crippen LogP contribution in [0.5, 0.6) is 0 Å². The second-order valence-electron chi connectivity index (χ2n) is 5.82. The number of ether oxygens (including phenoxy) is 1. The number of nitrogens with one attached hydrogen (secondary N) is 1. The summed E-state index contributed by atoms with van der Waals surface area (Å²) in [7, 11) is -6.21. The van der Waals surface area contributed by atoms with E-state index >= 15 is 0 Å². The average Bonchev–Trinajstić information content (AvgIpc) is 2.60. The van der Waals surface area contributed by atoms with Crippen molar-refractivity contribution in [3.05, 3.63) is 58.6 Å². The fourth-order valence-corrected chi connectivity index (χ4v) is 4.71. The summed E-state index contributed by atoms with van der Waals surface area (Å²) in [5.41, 5.74) is 0.610. The van der Waals surface area contributed by atoms with Crippen molar-refractivity contribution in [2.24, 2.45) is 0 Å². The molecule has 0 radical (unpaired) electrons. The molecule has 0 amide bonds. The molecule has 0 aliphatic carbocycles. The van der Waals surface area contributed by atoms with Gasteiger partial charge in [0.05, 0.1) is 22.6 Å². The molecule has 0 aliphatic heterocycles. The number of hydrogen-bond acceptors (Lipinski definition) is 6. The molecule has 0 spiro atoms. The van der Waals surface area contributed by atoms with Gasteiger partial charge in [0.2, 0.25) is 10.0 Å². The molecule has 0 saturated carbocycles. The van der Waals surface area contributed by atoms with E-state index in [-0.39, 0.29) is 20.4 Å². The third-order valence-electron chi connectivity index (χ3n) is 3.78. The van der Waals surface area contributed by atoms with Crippen molar-refractivity contribution < 1.29 is 26.4 Å². The van der Waals surface area contributed by atoms with Crippen LogP contribution in [-0.2, 0) is 24.6 Å². The minimum Gasteiger partial charge on any atom is -0.465 e. The van der Waals surface area contributed by atoms with Gasteiger partial charge in [-0.15, -0.1) is 0 Å². The zero-order chi connectivity index (χ0) is 20.4. The van der Waals surface area contributed by atoms with Crippen LogP contribution in [0.3, 0.4) is 0 Å². The van der Waals surface area contributed by atoms with Crippen LogP contribution in [0.1, 0.15) is 28.9 Å². The van der Waals surface area contributed by atoms with Crippen LogP contribution in [0.2, 0.25) is 5.02 Å². The first-order valence-corrected chi connectivity index (χ1v) is 11.4. The molecule has 0 aromatic heterocycles. The lowest BCUT2D eigenvalue weighted by Crippen LogP contribution is -2.27. The Balaban J connectivity index is 2.32. The van der Waals surface area contributed by atoms with E-state index in [0.29, 0.717) is 5.56 Å². The fraction of sp³-hybridized carbons (Fsp3) is 0.235. The molecular weight excluding hydrogens is 414 g/mol. The van der Waals surface area contributed by atoms with Crippen molar-refractivity contribution in [2.45, 2.75) is 22.8 Å². The van der Waals surface area contributed by atoms with E-state index in [0.717, 1.165) is 12.3 Å². The Labute approximate surface area is 163 Å². The summed E-state index contributed by atoms with van der Waals surface area (Å²) in [4.78, 5) is 11.5. The lowest BCUT2D eigenvalue weighted by atomic mass is 10.1. The van der Waals surface area contributed by atoms with Crippen molar-refractivity contribution >= 4 is 37.4 Å². The molecule has 1 N–H and O–H groups in total. The first-order chi connectivity index (χ1) is 12.5. The molecule has 1 atom stereocenters. The number of halogens is 1. The Bertz CT molecular complexity index is 1060. The predicted molar refractivity (Wildman–Crippen MR) is 101 cm³/mol. The highest BCUT2D eigenvalue weighted by atomic mass is 35.5. The summed E-state index contributed by atoms with van der Waals surface area (Å²) in [6.45, 7) is 1.60. The minimum atomic E-state index is -4.05. The van der Waals surface area contributed by atoms with Crippen molar-refractivity contribution in [2.75, 3.05) is 13.4 Å². The molecule has 2 rings (SSSR count). The van der Waals surface area contributed by atoms with Gasteiger partial charge in [-0.3, -0.25) is 0 Å². The number of sulfonamides is 1. The van der Waals surface area contributed by atoms with E-state index in [1.54, 1.807) is 6.92 Å². The van der Waals surface area contributed by atoms with Crippen molar-refractivity contribution in [3.63, 3.8) is 0 Å². The fourth-order valence-electron chi connectivity index (χ4n) is 2.32. The molecule has 0 aliphatic rings. The van der Waals surface area contributed by atoms with Gasteiger partial charge in [0.25, 0.3) is 0 Å². The lowest BCUT2D eigenvalue weighted by Gasteiger charge is -2.16. The largest absolute Gasteiger partial charge is 0.465 e. The number of sulfone groups is 1. The summed E-state index contributed by atoms with van der Waals surface area (Å²) in [5, 5.41) is -0.0465. The second-order valence-corrected chi connectivity index (χ2v) is 9.93. The first-order valence-electron chi connectivity index (χ1n) is 7.66. The summed E-state index contributed by atoms with van der Waals surface area (Å²) in [6.07, 6.45) is 1.09. The maximum Gasteiger partial charge on any atom is 0.337 e. The third kappa shape index (κ3) is 5.07. The molecule has 0 fully saturated rings.